The van der Waals surface area contributed by atoms with Gasteiger partial charge in [0.25, 0.3) is 5.91 Å². The average Bonchev–Trinajstić information content (AvgIpc) is 3.26. The molecule has 1 aromatic heterocycles. The predicted octanol–water partition coefficient (Wildman–Crippen LogP) is 2.85. The van der Waals surface area contributed by atoms with Crippen molar-refractivity contribution in [2.45, 2.75) is 19.6 Å². The van der Waals surface area contributed by atoms with Crippen molar-refractivity contribution in [3.8, 4) is 34.4 Å². The summed E-state index contributed by atoms with van der Waals surface area (Å²) in [6.07, 6.45) is -0.745. The Hall–Kier alpha value is -3.75. The number of methoxy groups -OCH3 is 3. The van der Waals surface area contributed by atoms with E-state index in [1.165, 1.54) is 7.11 Å². The Labute approximate surface area is 173 Å². The molecule has 0 aliphatic heterocycles. The molecule has 158 valence electrons. The van der Waals surface area contributed by atoms with Gasteiger partial charge in [0, 0.05) is 6.07 Å². The van der Waals surface area contributed by atoms with Crippen molar-refractivity contribution >= 4 is 5.91 Å². The van der Waals surface area contributed by atoms with Crippen LogP contribution in [0.25, 0.3) is 11.4 Å². The minimum Gasteiger partial charge on any atom is -0.497 e. The number of nitrogens with zero attached hydrogens (tertiary/aromatic N) is 2. The summed E-state index contributed by atoms with van der Waals surface area (Å²) in [4.78, 5) is 16.7. The van der Waals surface area contributed by atoms with Crippen LogP contribution < -0.4 is 24.3 Å². The molecular weight excluding hydrogens is 390 g/mol. The first-order valence-electron chi connectivity index (χ1n) is 9.18. The second kappa shape index (κ2) is 9.64. The Balaban J connectivity index is 1.62. The zero-order valence-electron chi connectivity index (χ0n) is 17.2. The van der Waals surface area contributed by atoms with Gasteiger partial charge in [-0.3, -0.25) is 4.79 Å². The number of carbonyl (C=O) groups excluding carboxylic acids is 1. The maximum absolute atomic E-state index is 12.4. The van der Waals surface area contributed by atoms with E-state index in [4.69, 9.17) is 23.5 Å². The summed E-state index contributed by atoms with van der Waals surface area (Å²) in [6.45, 7) is 1.70. The molecule has 0 saturated heterocycles. The highest BCUT2D eigenvalue weighted by Gasteiger charge is 2.19. The van der Waals surface area contributed by atoms with E-state index in [1.807, 2.05) is 6.07 Å². The number of benzene rings is 2. The first-order valence-corrected chi connectivity index (χ1v) is 9.18. The van der Waals surface area contributed by atoms with Crippen LogP contribution in [0.4, 0.5) is 0 Å². The highest BCUT2D eigenvalue weighted by Crippen LogP contribution is 2.31. The predicted molar refractivity (Wildman–Crippen MR) is 108 cm³/mol. The number of para-hydroxylation sites is 2. The zero-order chi connectivity index (χ0) is 21.5. The van der Waals surface area contributed by atoms with Gasteiger partial charge >= 0.3 is 0 Å². The van der Waals surface area contributed by atoms with E-state index >= 15 is 0 Å². The molecule has 1 heterocycles. The lowest BCUT2D eigenvalue weighted by Crippen LogP contribution is -2.36. The van der Waals surface area contributed by atoms with Gasteiger partial charge < -0.3 is 28.8 Å². The first kappa shape index (κ1) is 21.0. The van der Waals surface area contributed by atoms with Crippen LogP contribution in [0, 0.1) is 0 Å². The van der Waals surface area contributed by atoms with Crippen molar-refractivity contribution in [2.24, 2.45) is 0 Å². The van der Waals surface area contributed by atoms with Gasteiger partial charge in [-0.25, -0.2) is 0 Å². The van der Waals surface area contributed by atoms with Crippen molar-refractivity contribution < 1.29 is 28.3 Å². The molecule has 0 aliphatic rings. The zero-order valence-corrected chi connectivity index (χ0v) is 17.2. The largest absolute Gasteiger partial charge is 0.497 e. The van der Waals surface area contributed by atoms with Crippen molar-refractivity contribution in [1.29, 1.82) is 0 Å². The lowest BCUT2D eigenvalue weighted by molar-refractivity contribution is -0.127. The second-order valence-corrected chi connectivity index (χ2v) is 6.21. The molecule has 3 aromatic rings. The number of amides is 1. The van der Waals surface area contributed by atoms with Crippen LogP contribution in [0.1, 0.15) is 12.8 Å². The van der Waals surface area contributed by atoms with E-state index in [-0.39, 0.29) is 18.3 Å². The lowest BCUT2D eigenvalue weighted by Gasteiger charge is -2.16. The van der Waals surface area contributed by atoms with Crippen molar-refractivity contribution in [1.82, 2.24) is 15.5 Å². The molecule has 0 saturated carbocycles. The van der Waals surface area contributed by atoms with E-state index in [2.05, 4.69) is 15.5 Å². The Morgan fingerprint density at radius 3 is 2.47 bits per heavy atom. The second-order valence-electron chi connectivity index (χ2n) is 6.21. The minimum absolute atomic E-state index is 0.0595. The van der Waals surface area contributed by atoms with Gasteiger partial charge in [0.1, 0.15) is 11.5 Å². The smallest absolute Gasteiger partial charge is 0.261 e. The summed E-state index contributed by atoms with van der Waals surface area (Å²) in [5, 5.41) is 6.67. The average molecular weight is 413 g/mol. The Kier molecular flexibility index (Phi) is 6.74. The van der Waals surface area contributed by atoms with Gasteiger partial charge in [-0.1, -0.05) is 17.3 Å². The first-order chi connectivity index (χ1) is 14.5. The Morgan fingerprint density at radius 2 is 1.77 bits per heavy atom. The SMILES string of the molecule is COc1ccc(-c2noc(CNC(=O)[C@@H](C)Oc3ccccc3OC)n2)c(OC)c1. The van der Waals surface area contributed by atoms with Crippen LogP contribution in [0.5, 0.6) is 23.0 Å². The standard InChI is InChI=1S/C21H23N3O6/c1-13(29-17-8-6-5-7-16(17)27-3)21(25)22-12-19-23-20(24-30-19)15-10-9-14(26-2)11-18(15)28-4/h5-11,13H,12H2,1-4H3,(H,22,25)/t13-/m1/s1. The molecule has 0 fully saturated rings. The molecule has 9 heteroatoms. The number of rotatable bonds is 9. The lowest BCUT2D eigenvalue weighted by atomic mass is 10.2. The maximum Gasteiger partial charge on any atom is 0.261 e. The fraction of sp³-hybridized carbons (Fsp3) is 0.286. The fourth-order valence-corrected chi connectivity index (χ4v) is 2.69. The van der Waals surface area contributed by atoms with E-state index in [1.54, 1.807) is 57.5 Å². The van der Waals surface area contributed by atoms with Crippen molar-refractivity contribution in [3.05, 3.63) is 48.4 Å². The van der Waals surface area contributed by atoms with Crippen LogP contribution in [-0.4, -0.2) is 43.5 Å². The third-order valence-electron chi connectivity index (χ3n) is 4.27. The molecule has 0 radical (unpaired) electrons. The third-order valence-corrected chi connectivity index (χ3v) is 4.27. The summed E-state index contributed by atoms with van der Waals surface area (Å²) in [5.74, 6) is 2.49. The third kappa shape index (κ3) is 4.80. The van der Waals surface area contributed by atoms with Crippen LogP contribution >= 0.6 is 0 Å². The Bertz CT molecular complexity index is 1000. The monoisotopic (exact) mass is 413 g/mol. The summed E-state index contributed by atoms with van der Waals surface area (Å²) < 4.78 is 26.7. The number of ether oxygens (including phenoxy) is 4. The van der Waals surface area contributed by atoms with Crippen molar-refractivity contribution in [3.63, 3.8) is 0 Å². The summed E-state index contributed by atoms with van der Waals surface area (Å²) >= 11 is 0. The van der Waals surface area contributed by atoms with E-state index in [0.717, 1.165) is 0 Å². The number of hydrogen-bond donors (Lipinski definition) is 1. The fourth-order valence-electron chi connectivity index (χ4n) is 2.69. The van der Waals surface area contributed by atoms with Crippen LogP contribution in [0.2, 0.25) is 0 Å². The molecule has 0 bridgehead atoms. The molecule has 1 amide bonds. The normalized spacial score (nSPS) is 11.5. The van der Waals surface area contributed by atoms with Gasteiger partial charge in [-0.05, 0) is 31.2 Å². The molecule has 30 heavy (non-hydrogen) atoms. The van der Waals surface area contributed by atoms with Gasteiger partial charge in [0.05, 0.1) is 33.4 Å². The van der Waals surface area contributed by atoms with Gasteiger partial charge in [-0.2, -0.15) is 4.98 Å². The number of aromatic nitrogens is 2. The topological polar surface area (TPSA) is 105 Å². The highest BCUT2D eigenvalue weighted by molar-refractivity contribution is 5.80. The minimum atomic E-state index is -0.745. The number of hydrogen-bond acceptors (Lipinski definition) is 8. The van der Waals surface area contributed by atoms with Crippen LogP contribution in [-0.2, 0) is 11.3 Å². The maximum atomic E-state index is 12.4. The summed E-state index contributed by atoms with van der Waals surface area (Å²) in [5.41, 5.74) is 0.646. The van der Waals surface area contributed by atoms with Gasteiger partial charge in [0.15, 0.2) is 17.6 Å². The van der Waals surface area contributed by atoms with Gasteiger partial charge in [0.2, 0.25) is 11.7 Å². The number of carbonyl (C=O) groups is 1. The molecule has 3 rings (SSSR count). The molecule has 2 aromatic carbocycles. The van der Waals surface area contributed by atoms with Crippen LogP contribution in [0.3, 0.4) is 0 Å². The van der Waals surface area contributed by atoms with E-state index in [9.17, 15) is 4.79 Å². The highest BCUT2D eigenvalue weighted by atomic mass is 16.5. The van der Waals surface area contributed by atoms with Crippen molar-refractivity contribution in [2.75, 3.05) is 21.3 Å². The molecule has 9 nitrogen and oxygen atoms in total. The molecule has 0 spiro atoms. The quantitative estimate of drug-likeness (QED) is 0.571. The molecule has 1 atom stereocenters. The molecular formula is C21H23N3O6. The van der Waals surface area contributed by atoms with E-state index in [0.29, 0.717) is 34.4 Å². The summed E-state index contributed by atoms with van der Waals surface area (Å²) in [7, 11) is 4.66. The molecule has 1 N–H and O–H groups in total. The van der Waals surface area contributed by atoms with Gasteiger partial charge in [-0.15, -0.1) is 0 Å². The molecule has 0 aliphatic carbocycles. The number of nitrogens with one attached hydrogen (secondary N) is 1. The Morgan fingerprint density at radius 1 is 1.03 bits per heavy atom. The van der Waals surface area contributed by atoms with E-state index < -0.39 is 6.10 Å². The molecule has 0 unspecified atom stereocenters. The summed E-state index contributed by atoms with van der Waals surface area (Å²) in [6, 6.07) is 12.4. The van der Waals surface area contributed by atoms with Crippen LogP contribution in [0.15, 0.2) is 47.0 Å².